The van der Waals surface area contributed by atoms with Crippen LogP contribution in [0, 0.1) is 0 Å². The van der Waals surface area contributed by atoms with Crippen molar-refractivity contribution in [3.63, 3.8) is 0 Å². The summed E-state index contributed by atoms with van der Waals surface area (Å²) in [6.07, 6.45) is 3.71. The molecule has 0 saturated heterocycles. The number of hydrogen-bond acceptors (Lipinski definition) is 4. The van der Waals surface area contributed by atoms with Gasteiger partial charge in [-0.1, -0.05) is 12.1 Å². The topological polar surface area (TPSA) is 82.2 Å². The summed E-state index contributed by atoms with van der Waals surface area (Å²) >= 11 is 0. The second-order valence-corrected chi connectivity index (χ2v) is 4.34. The molecule has 20 heavy (non-hydrogen) atoms. The Bertz CT molecular complexity index is 523. The van der Waals surface area contributed by atoms with Crippen LogP contribution in [0.15, 0.2) is 42.7 Å². The van der Waals surface area contributed by atoms with Gasteiger partial charge in [0.15, 0.2) is 6.61 Å². The van der Waals surface area contributed by atoms with E-state index in [1.807, 2.05) is 41.2 Å². The van der Waals surface area contributed by atoms with E-state index in [0.717, 1.165) is 25.2 Å². The van der Waals surface area contributed by atoms with Gasteiger partial charge >= 0.3 is 0 Å². The highest BCUT2D eigenvalue weighted by molar-refractivity contribution is 5.75. The smallest absolute Gasteiger partial charge is 0.255 e. The van der Waals surface area contributed by atoms with Crippen molar-refractivity contribution in [2.24, 2.45) is 5.73 Å². The molecule has 3 N–H and O–H groups in total. The molecule has 0 radical (unpaired) electrons. The van der Waals surface area contributed by atoms with Gasteiger partial charge < -0.3 is 15.8 Å². The lowest BCUT2D eigenvalue weighted by Gasteiger charge is -2.07. The maximum absolute atomic E-state index is 10.6. The van der Waals surface area contributed by atoms with E-state index in [0.29, 0.717) is 5.75 Å². The van der Waals surface area contributed by atoms with Crippen LogP contribution in [0.3, 0.4) is 0 Å². The van der Waals surface area contributed by atoms with Crippen molar-refractivity contribution < 1.29 is 9.53 Å². The number of nitrogens with two attached hydrogens (primary N) is 1. The third-order valence-corrected chi connectivity index (χ3v) is 2.71. The highest BCUT2D eigenvalue weighted by Crippen LogP contribution is 2.11. The van der Waals surface area contributed by atoms with Gasteiger partial charge in [0.05, 0.1) is 6.54 Å². The molecule has 2 aromatic rings. The van der Waals surface area contributed by atoms with Crippen LogP contribution in [0.4, 0.5) is 0 Å². The molecule has 0 atom stereocenters. The zero-order chi connectivity index (χ0) is 14.2. The second kappa shape index (κ2) is 7.30. The summed E-state index contributed by atoms with van der Waals surface area (Å²) < 4.78 is 7.07. The molecule has 1 aromatic heterocycles. The third kappa shape index (κ3) is 4.74. The van der Waals surface area contributed by atoms with Gasteiger partial charge in [-0.3, -0.25) is 9.48 Å². The Morgan fingerprint density at radius 2 is 2.15 bits per heavy atom. The van der Waals surface area contributed by atoms with Crippen molar-refractivity contribution in [1.82, 2.24) is 15.1 Å². The second-order valence-electron chi connectivity index (χ2n) is 4.34. The molecule has 0 bridgehead atoms. The molecule has 0 aliphatic rings. The van der Waals surface area contributed by atoms with Gasteiger partial charge in [0, 0.05) is 25.5 Å². The number of carbonyl (C=O) groups is 1. The number of hydrogen-bond donors (Lipinski definition) is 2. The van der Waals surface area contributed by atoms with E-state index >= 15 is 0 Å². The Kier molecular flexibility index (Phi) is 5.14. The summed E-state index contributed by atoms with van der Waals surface area (Å²) in [5.74, 6) is 0.165. The van der Waals surface area contributed by atoms with E-state index in [1.54, 1.807) is 6.20 Å². The lowest BCUT2D eigenvalue weighted by atomic mass is 10.2. The van der Waals surface area contributed by atoms with Gasteiger partial charge in [0.1, 0.15) is 5.75 Å². The van der Waals surface area contributed by atoms with Crippen molar-refractivity contribution in [2.45, 2.75) is 13.1 Å². The van der Waals surface area contributed by atoms with Gasteiger partial charge in [0.25, 0.3) is 5.91 Å². The number of rotatable bonds is 8. The summed E-state index contributed by atoms with van der Waals surface area (Å²) in [6.45, 7) is 2.37. The maximum atomic E-state index is 10.6. The first-order chi connectivity index (χ1) is 9.74. The minimum atomic E-state index is -0.477. The van der Waals surface area contributed by atoms with E-state index in [9.17, 15) is 4.79 Å². The highest BCUT2D eigenvalue weighted by atomic mass is 16.5. The predicted octanol–water partition coefficient (Wildman–Crippen LogP) is 0.537. The normalized spacial score (nSPS) is 10.4. The van der Waals surface area contributed by atoms with Gasteiger partial charge in [-0.2, -0.15) is 5.10 Å². The quantitative estimate of drug-likeness (QED) is 0.688. The molecule has 0 aliphatic heterocycles. The largest absolute Gasteiger partial charge is 0.484 e. The van der Waals surface area contributed by atoms with Gasteiger partial charge in [-0.25, -0.2) is 0 Å². The molecular formula is C14H18N4O2. The fourth-order valence-electron chi connectivity index (χ4n) is 1.72. The number of nitrogens with zero attached hydrogens (tertiary/aromatic N) is 2. The molecule has 0 fully saturated rings. The average Bonchev–Trinajstić information content (AvgIpc) is 2.96. The summed E-state index contributed by atoms with van der Waals surface area (Å²) in [5, 5.41) is 7.46. The minimum Gasteiger partial charge on any atom is -0.484 e. The lowest BCUT2D eigenvalue weighted by Crippen LogP contribution is -2.20. The monoisotopic (exact) mass is 274 g/mol. The van der Waals surface area contributed by atoms with Gasteiger partial charge in [-0.05, 0) is 23.8 Å². The SMILES string of the molecule is NC(=O)COc1ccc(CNCCn2cccn2)cc1. The summed E-state index contributed by atoms with van der Waals surface area (Å²) in [6, 6.07) is 9.47. The first-order valence-electron chi connectivity index (χ1n) is 6.42. The Morgan fingerprint density at radius 1 is 1.35 bits per heavy atom. The van der Waals surface area contributed by atoms with Crippen LogP contribution in [0.2, 0.25) is 0 Å². The van der Waals surface area contributed by atoms with E-state index in [-0.39, 0.29) is 6.61 Å². The Balaban J connectivity index is 1.69. The standard InChI is InChI=1S/C14H18N4O2/c15-14(19)11-20-13-4-2-12(3-5-13)10-16-7-9-18-8-1-6-17-18/h1-6,8,16H,7,9-11H2,(H2,15,19). The molecule has 1 heterocycles. The number of primary amides is 1. The van der Waals surface area contributed by atoms with Crippen LogP contribution >= 0.6 is 0 Å². The van der Waals surface area contributed by atoms with E-state index in [4.69, 9.17) is 10.5 Å². The van der Waals surface area contributed by atoms with Gasteiger partial charge in [-0.15, -0.1) is 0 Å². The van der Waals surface area contributed by atoms with Crippen molar-refractivity contribution in [3.05, 3.63) is 48.3 Å². The van der Waals surface area contributed by atoms with Crippen LogP contribution in [0.1, 0.15) is 5.56 Å². The van der Waals surface area contributed by atoms with E-state index < -0.39 is 5.91 Å². The number of benzene rings is 1. The molecule has 6 nitrogen and oxygen atoms in total. The van der Waals surface area contributed by atoms with E-state index in [2.05, 4.69) is 10.4 Å². The van der Waals surface area contributed by atoms with Crippen molar-refractivity contribution in [3.8, 4) is 5.75 Å². The molecule has 1 aromatic carbocycles. The lowest BCUT2D eigenvalue weighted by molar-refractivity contribution is -0.119. The first-order valence-corrected chi connectivity index (χ1v) is 6.42. The molecule has 0 aliphatic carbocycles. The molecule has 1 amide bonds. The Morgan fingerprint density at radius 3 is 2.80 bits per heavy atom. The van der Waals surface area contributed by atoms with Crippen molar-refractivity contribution in [1.29, 1.82) is 0 Å². The molecule has 0 spiro atoms. The van der Waals surface area contributed by atoms with Crippen LogP contribution in [0.25, 0.3) is 0 Å². The molecule has 2 rings (SSSR count). The molecule has 0 saturated carbocycles. The number of ether oxygens (including phenoxy) is 1. The van der Waals surface area contributed by atoms with Crippen LogP contribution < -0.4 is 15.8 Å². The van der Waals surface area contributed by atoms with E-state index in [1.165, 1.54) is 0 Å². The van der Waals surface area contributed by atoms with Crippen molar-refractivity contribution >= 4 is 5.91 Å². The Hall–Kier alpha value is -2.34. The summed E-state index contributed by atoms with van der Waals surface area (Å²) in [4.78, 5) is 10.6. The number of nitrogens with one attached hydrogen (secondary N) is 1. The maximum Gasteiger partial charge on any atom is 0.255 e. The average molecular weight is 274 g/mol. The minimum absolute atomic E-state index is 0.0958. The summed E-state index contributed by atoms with van der Waals surface area (Å²) in [7, 11) is 0. The first kappa shape index (κ1) is 14.1. The zero-order valence-electron chi connectivity index (χ0n) is 11.2. The summed E-state index contributed by atoms with van der Waals surface area (Å²) in [5.41, 5.74) is 6.16. The van der Waals surface area contributed by atoms with Crippen LogP contribution in [0.5, 0.6) is 5.75 Å². The van der Waals surface area contributed by atoms with Crippen LogP contribution in [-0.4, -0.2) is 28.8 Å². The molecular weight excluding hydrogens is 256 g/mol. The zero-order valence-corrected chi connectivity index (χ0v) is 11.2. The molecule has 106 valence electrons. The fraction of sp³-hybridized carbons (Fsp3) is 0.286. The van der Waals surface area contributed by atoms with Gasteiger partial charge in [0.2, 0.25) is 0 Å². The fourth-order valence-corrected chi connectivity index (χ4v) is 1.72. The highest BCUT2D eigenvalue weighted by Gasteiger charge is 1.98. The third-order valence-electron chi connectivity index (χ3n) is 2.71. The predicted molar refractivity (Wildman–Crippen MR) is 75.1 cm³/mol. The van der Waals surface area contributed by atoms with Crippen LogP contribution in [-0.2, 0) is 17.9 Å². The number of aromatic nitrogens is 2. The number of carbonyl (C=O) groups excluding carboxylic acids is 1. The molecule has 0 unspecified atom stereocenters. The number of amides is 1. The van der Waals surface area contributed by atoms with Crippen molar-refractivity contribution in [2.75, 3.05) is 13.2 Å². The Labute approximate surface area is 117 Å². The molecule has 6 heteroatoms.